The molecule has 0 spiro atoms. The maximum Gasteiger partial charge on any atom is 0.0217 e. The van der Waals surface area contributed by atoms with E-state index in [0.717, 1.165) is 19.1 Å². The highest BCUT2D eigenvalue weighted by Crippen LogP contribution is 2.13. The van der Waals surface area contributed by atoms with Crippen molar-refractivity contribution < 1.29 is 0 Å². The molecule has 1 aliphatic heterocycles. The van der Waals surface area contributed by atoms with Crippen LogP contribution >= 0.6 is 0 Å². The Balaban J connectivity index is 2.11. The summed E-state index contributed by atoms with van der Waals surface area (Å²) in [5.74, 6) is 0. The smallest absolute Gasteiger partial charge is 0.0217 e. The summed E-state index contributed by atoms with van der Waals surface area (Å²) in [5, 5.41) is 3.46. The standard InChI is InChI=1S/C11H22N2/c1-3-4-8-12-10-11-7-5-6-9-13(11)2/h3-4,11-12H,5-10H2,1-2H3/b4-3-/t11-/m0/s1. The zero-order valence-electron chi connectivity index (χ0n) is 8.92. The van der Waals surface area contributed by atoms with E-state index in [9.17, 15) is 0 Å². The topological polar surface area (TPSA) is 15.3 Å². The van der Waals surface area contributed by atoms with Crippen molar-refractivity contribution in [3.05, 3.63) is 12.2 Å². The molecule has 0 bridgehead atoms. The molecule has 1 heterocycles. The summed E-state index contributed by atoms with van der Waals surface area (Å²) >= 11 is 0. The van der Waals surface area contributed by atoms with E-state index in [-0.39, 0.29) is 0 Å². The third-order valence-corrected chi connectivity index (χ3v) is 2.80. The van der Waals surface area contributed by atoms with Gasteiger partial charge in [0.2, 0.25) is 0 Å². The number of piperidine rings is 1. The maximum absolute atomic E-state index is 3.46. The van der Waals surface area contributed by atoms with Crippen molar-refractivity contribution in [2.45, 2.75) is 32.2 Å². The fraction of sp³-hybridized carbons (Fsp3) is 0.818. The summed E-state index contributed by atoms with van der Waals surface area (Å²) < 4.78 is 0. The van der Waals surface area contributed by atoms with Gasteiger partial charge in [-0.3, -0.25) is 0 Å². The zero-order valence-corrected chi connectivity index (χ0v) is 8.92. The van der Waals surface area contributed by atoms with Crippen LogP contribution in [0.25, 0.3) is 0 Å². The highest BCUT2D eigenvalue weighted by atomic mass is 15.2. The first-order chi connectivity index (χ1) is 6.34. The Morgan fingerprint density at radius 3 is 3.00 bits per heavy atom. The van der Waals surface area contributed by atoms with Gasteiger partial charge in [-0.05, 0) is 33.4 Å². The molecular weight excluding hydrogens is 160 g/mol. The van der Waals surface area contributed by atoms with Gasteiger partial charge in [0.25, 0.3) is 0 Å². The van der Waals surface area contributed by atoms with Crippen LogP contribution in [-0.4, -0.2) is 37.6 Å². The first kappa shape index (κ1) is 10.7. The van der Waals surface area contributed by atoms with Gasteiger partial charge in [0.15, 0.2) is 0 Å². The average Bonchev–Trinajstić information content (AvgIpc) is 2.15. The van der Waals surface area contributed by atoms with E-state index < -0.39 is 0 Å². The Labute approximate surface area is 82.0 Å². The molecular formula is C11H22N2. The SMILES string of the molecule is C/C=C\CNC[C@@H]1CCCCN1C. The maximum atomic E-state index is 3.46. The Morgan fingerprint density at radius 2 is 2.31 bits per heavy atom. The lowest BCUT2D eigenvalue weighted by Gasteiger charge is -2.32. The van der Waals surface area contributed by atoms with Crippen LogP contribution in [0.2, 0.25) is 0 Å². The molecule has 0 aliphatic carbocycles. The lowest BCUT2D eigenvalue weighted by Crippen LogP contribution is -2.43. The first-order valence-electron chi connectivity index (χ1n) is 5.36. The van der Waals surface area contributed by atoms with Crippen LogP contribution in [0, 0.1) is 0 Å². The van der Waals surface area contributed by atoms with Crippen LogP contribution in [0.4, 0.5) is 0 Å². The Kier molecular flexibility index (Phi) is 5.09. The van der Waals surface area contributed by atoms with Gasteiger partial charge in [-0.2, -0.15) is 0 Å². The summed E-state index contributed by atoms with van der Waals surface area (Å²) in [5.41, 5.74) is 0. The minimum Gasteiger partial charge on any atom is -0.312 e. The number of likely N-dealkylation sites (tertiary alicyclic amines) is 1. The van der Waals surface area contributed by atoms with Gasteiger partial charge in [-0.15, -0.1) is 0 Å². The van der Waals surface area contributed by atoms with Gasteiger partial charge in [-0.1, -0.05) is 18.6 Å². The van der Waals surface area contributed by atoms with Gasteiger partial charge in [0.1, 0.15) is 0 Å². The molecule has 1 atom stereocenters. The quantitative estimate of drug-likeness (QED) is 0.525. The number of nitrogens with zero attached hydrogens (tertiary/aromatic N) is 1. The average molecular weight is 182 g/mol. The van der Waals surface area contributed by atoms with Gasteiger partial charge in [-0.25, -0.2) is 0 Å². The van der Waals surface area contributed by atoms with Gasteiger partial charge in [0.05, 0.1) is 0 Å². The molecule has 0 aromatic rings. The molecule has 0 unspecified atom stereocenters. The second-order valence-corrected chi connectivity index (χ2v) is 3.86. The monoisotopic (exact) mass is 182 g/mol. The fourth-order valence-corrected chi connectivity index (χ4v) is 1.85. The van der Waals surface area contributed by atoms with Crippen LogP contribution in [0.5, 0.6) is 0 Å². The first-order valence-corrected chi connectivity index (χ1v) is 5.36. The lowest BCUT2D eigenvalue weighted by molar-refractivity contribution is 0.183. The predicted octanol–water partition coefficient (Wildman–Crippen LogP) is 1.64. The zero-order chi connectivity index (χ0) is 9.52. The molecule has 0 aromatic heterocycles. The van der Waals surface area contributed by atoms with Crippen LogP contribution in [0.15, 0.2) is 12.2 Å². The second kappa shape index (κ2) is 6.17. The van der Waals surface area contributed by atoms with E-state index in [0.29, 0.717) is 0 Å². The minimum atomic E-state index is 0.763. The van der Waals surface area contributed by atoms with E-state index in [4.69, 9.17) is 0 Å². The molecule has 0 amide bonds. The number of hydrogen-bond donors (Lipinski definition) is 1. The molecule has 1 N–H and O–H groups in total. The summed E-state index contributed by atoms with van der Waals surface area (Å²) in [7, 11) is 2.24. The van der Waals surface area contributed by atoms with Crippen LogP contribution < -0.4 is 5.32 Å². The summed E-state index contributed by atoms with van der Waals surface area (Å²) in [6.07, 6.45) is 8.40. The van der Waals surface area contributed by atoms with Crippen molar-refractivity contribution in [1.82, 2.24) is 10.2 Å². The predicted molar refractivity (Wildman–Crippen MR) is 58.0 cm³/mol. The van der Waals surface area contributed by atoms with Crippen molar-refractivity contribution in [2.24, 2.45) is 0 Å². The Bertz CT molecular complexity index is 154. The summed E-state index contributed by atoms with van der Waals surface area (Å²) in [6, 6.07) is 0.763. The van der Waals surface area contributed by atoms with E-state index in [1.165, 1.54) is 25.8 Å². The van der Waals surface area contributed by atoms with Crippen LogP contribution in [0.1, 0.15) is 26.2 Å². The third kappa shape index (κ3) is 3.92. The van der Waals surface area contributed by atoms with Gasteiger partial charge < -0.3 is 10.2 Å². The summed E-state index contributed by atoms with van der Waals surface area (Å²) in [4.78, 5) is 2.48. The third-order valence-electron chi connectivity index (χ3n) is 2.80. The molecule has 1 rings (SSSR count). The molecule has 0 saturated carbocycles. The van der Waals surface area contributed by atoms with Crippen molar-refractivity contribution >= 4 is 0 Å². The molecule has 0 radical (unpaired) electrons. The molecule has 1 fully saturated rings. The molecule has 2 heteroatoms. The highest BCUT2D eigenvalue weighted by molar-refractivity contribution is 4.82. The Morgan fingerprint density at radius 1 is 1.46 bits per heavy atom. The van der Waals surface area contributed by atoms with Crippen LogP contribution in [0.3, 0.4) is 0 Å². The highest BCUT2D eigenvalue weighted by Gasteiger charge is 2.17. The number of allylic oxidation sites excluding steroid dienone is 1. The normalized spacial score (nSPS) is 25.5. The number of nitrogens with one attached hydrogen (secondary N) is 1. The van der Waals surface area contributed by atoms with Crippen molar-refractivity contribution in [3.8, 4) is 0 Å². The van der Waals surface area contributed by atoms with Crippen molar-refractivity contribution in [2.75, 3.05) is 26.7 Å². The van der Waals surface area contributed by atoms with Gasteiger partial charge >= 0.3 is 0 Å². The van der Waals surface area contributed by atoms with E-state index in [2.05, 4.69) is 36.3 Å². The lowest BCUT2D eigenvalue weighted by atomic mass is 10.0. The molecule has 2 nitrogen and oxygen atoms in total. The number of rotatable bonds is 4. The van der Waals surface area contributed by atoms with E-state index in [1.807, 2.05) is 0 Å². The number of likely N-dealkylation sites (N-methyl/N-ethyl adjacent to an activating group) is 1. The van der Waals surface area contributed by atoms with Crippen LogP contribution in [-0.2, 0) is 0 Å². The van der Waals surface area contributed by atoms with Gasteiger partial charge in [0, 0.05) is 19.1 Å². The van der Waals surface area contributed by atoms with Crippen molar-refractivity contribution in [3.63, 3.8) is 0 Å². The molecule has 0 aromatic carbocycles. The molecule has 76 valence electrons. The molecule has 1 aliphatic rings. The molecule has 1 saturated heterocycles. The minimum absolute atomic E-state index is 0.763. The van der Waals surface area contributed by atoms with Crippen molar-refractivity contribution in [1.29, 1.82) is 0 Å². The van der Waals surface area contributed by atoms with E-state index in [1.54, 1.807) is 0 Å². The fourth-order valence-electron chi connectivity index (χ4n) is 1.85. The largest absolute Gasteiger partial charge is 0.312 e. The Hall–Kier alpha value is -0.340. The summed E-state index contributed by atoms with van der Waals surface area (Å²) in [6.45, 7) is 5.49. The number of hydrogen-bond acceptors (Lipinski definition) is 2. The van der Waals surface area contributed by atoms with E-state index >= 15 is 0 Å². The second-order valence-electron chi connectivity index (χ2n) is 3.86. The molecule has 13 heavy (non-hydrogen) atoms.